The van der Waals surface area contributed by atoms with Crippen molar-refractivity contribution in [2.24, 2.45) is 0 Å². The Kier molecular flexibility index (Phi) is 5.52. The summed E-state index contributed by atoms with van der Waals surface area (Å²) in [5, 5.41) is 1.22. The van der Waals surface area contributed by atoms with E-state index in [0.717, 1.165) is 29.2 Å². The van der Waals surface area contributed by atoms with Crippen LogP contribution >= 0.6 is 11.3 Å². The van der Waals surface area contributed by atoms with E-state index in [0.29, 0.717) is 6.42 Å². The lowest BCUT2D eigenvalue weighted by molar-refractivity contribution is -0.125. The molecule has 3 rings (SSSR count). The van der Waals surface area contributed by atoms with Crippen molar-refractivity contribution in [1.29, 1.82) is 0 Å². The number of rotatable bonds is 3. The van der Waals surface area contributed by atoms with E-state index < -0.39 is 32.6 Å². The van der Waals surface area contributed by atoms with Gasteiger partial charge in [-0.15, -0.1) is 11.3 Å². The Balaban J connectivity index is 1.73. The van der Waals surface area contributed by atoms with E-state index in [1.165, 1.54) is 22.3 Å². The van der Waals surface area contributed by atoms with Gasteiger partial charge in [-0.3, -0.25) is 4.79 Å². The average molecular weight is 397 g/mol. The molecule has 0 aliphatic carbocycles. The summed E-state index contributed by atoms with van der Waals surface area (Å²) in [4.78, 5) is 14.6. The van der Waals surface area contributed by atoms with Gasteiger partial charge in [-0.2, -0.15) is 0 Å². The first-order valence-electron chi connectivity index (χ1n) is 8.04. The van der Waals surface area contributed by atoms with Crippen LogP contribution in [-0.4, -0.2) is 38.1 Å². The second-order valence-electron chi connectivity index (χ2n) is 5.98. The number of halogens is 2. The summed E-state index contributed by atoms with van der Waals surface area (Å²) in [6, 6.07) is 6.58. The molecule has 1 saturated heterocycles. The smallest absolute Gasteiger partial charge is 0.246 e. The van der Waals surface area contributed by atoms with Crippen molar-refractivity contribution in [3.8, 4) is 0 Å². The van der Waals surface area contributed by atoms with Gasteiger partial charge in [0.2, 0.25) is 5.91 Å². The minimum absolute atomic E-state index is 0.0303. The lowest BCUT2D eigenvalue weighted by Gasteiger charge is -2.17. The highest BCUT2D eigenvalue weighted by molar-refractivity contribution is 7.91. The molecule has 1 aliphatic rings. The van der Waals surface area contributed by atoms with E-state index >= 15 is 0 Å². The van der Waals surface area contributed by atoms with Crippen molar-refractivity contribution in [2.45, 2.75) is 11.7 Å². The van der Waals surface area contributed by atoms with Crippen molar-refractivity contribution >= 4 is 33.2 Å². The Morgan fingerprint density at radius 1 is 1.23 bits per heavy atom. The molecule has 1 aromatic carbocycles. The maximum absolute atomic E-state index is 13.6. The number of nitrogens with zero attached hydrogens (tertiary/aromatic N) is 1. The molecule has 0 saturated carbocycles. The molecule has 8 heteroatoms. The fourth-order valence-corrected chi connectivity index (χ4v) is 5.87. The van der Waals surface area contributed by atoms with Crippen LogP contribution in [0.1, 0.15) is 22.1 Å². The van der Waals surface area contributed by atoms with Gasteiger partial charge in [0.05, 0.1) is 11.0 Å². The third-order valence-electron chi connectivity index (χ3n) is 4.28. The van der Waals surface area contributed by atoms with Gasteiger partial charge in [-0.05, 0) is 42.1 Å². The Bertz CT molecular complexity index is 924. The first kappa shape index (κ1) is 18.7. The highest BCUT2D eigenvalue weighted by Crippen LogP contribution is 2.32. The van der Waals surface area contributed by atoms with Crippen molar-refractivity contribution in [3.05, 3.63) is 63.9 Å². The number of amides is 1. The van der Waals surface area contributed by atoms with E-state index in [1.54, 1.807) is 12.1 Å². The van der Waals surface area contributed by atoms with Crippen LogP contribution in [0.3, 0.4) is 0 Å². The normalized spacial score (nSPS) is 20.2. The zero-order valence-electron chi connectivity index (χ0n) is 13.8. The Morgan fingerprint density at radius 2 is 2.04 bits per heavy atom. The van der Waals surface area contributed by atoms with E-state index in [4.69, 9.17) is 0 Å². The molecule has 0 N–H and O–H groups in total. The number of sulfone groups is 1. The molecule has 0 bridgehead atoms. The zero-order chi connectivity index (χ0) is 18.7. The van der Waals surface area contributed by atoms with Crippen LogP contribution in [0.4, 0.5) is 8.78 Å². The molecule has 1 aliphatic heterocycles. The quantitative estimate of drug-likeness (QED) is 0.746. The standard InChI is InChI=1S/C18H17F2NO3S2/c19-14-4-5-15(20)13(12-14)3-6-18(22)21-8-7-17(16-2-1-10-25-16)26(23,24)11-9-21/h1-6,10,12,17H,7-9,11H2/b6-3+/t17-/m0/s1. The summed E-state index contributed by atoms with van der Waals surface area (Å²) in [5.74, 6) is -1.77. The summed E-state index contributed by atoms with van der Waals surface area (Å²) in [5.41, 5.74) is -0.0303. The third-order valence-corrected chi connectivity index (χ3v) is 7.52. The van der Waals surface area contributed by atoms with Crippen LogP contribution in [-0.2, 0) is 14.6 Å². The Hall–Kier alpha value is -2.06. The molecule has 26 heavy (non-hydrogen) atoms. The van der Waals surface area contributed by atoms with Crippen LogP contribution in [0.25, 0.3) is 6.08 Å². The van der Waals surface area contributed by atoms with Crippen molar-refractivity contribution in [3.63, 3.8) is 0 Å². The summed E-state index contributed by atoms with van der Waals surface area (Å²) in [6.07, 6.45) is 2.67. The molecule has 1 amide bonds. The highest BCUT2D eigenvalue weighted by Gasteiger charge is 2.32. The molecule has 2 aromatic rings. The summed E-state index contributed by atoms with van der Waals surface area (Å²) < 4.78 is 51.8. The van der Waals surface area contributed by atoms with Gasteiger partial charge in [0.15, 0.2) is 9.84 Å². The molecule has 0 spiro atoms. The molecule has 1 fully saturated rings. The minimum Gasteiger partial charge on any atom is -0.338 e. The molecule has 138 valence electrons. The summed E-state index contributed by atoms with van der Waals surface area (Å²) >= 11 is 1.39. The fourth-order valence-electron chi connectivity index (χ4n) is 2.87. The maximum atomic E-state index is 13.6. The molecule has 1 aromatic heterocycles. The van der Waals surface area contributed by atoms with Gasteiger partial charge in [0.25, 0.3) is 0 Å². The molecular weight excluding hydrogens is 380 g/mol. The summed E-state index contributed by atoms with van der Waals surface area (Å²) in [6.45, 7) is 0.371. The number of benzene rings is 1. The number of carbonyl (C=O) groups excluding carboxylic acids is 1. The van der Waals surface area contributed by atoms with E-state index in [-0.39, 0.29) is 24.4 Å². The lowest BCUT2D eigenvalue weighted by atomic mass is 10.2. The largest absolute Gasteiger partial charge is 0.338 e. The van der Waals surface area contributed by atoms with E-state index in [9.17, 15) is 22.0 Å². The van der Waals surface area contributed by atoms with Crippen LogP contribution in [0.15, 0.2) is 41.8 Å². The van der Waals surface area contributed by atoms with Crippen molar-refractivity contribution < 1.29 is 22.0 Å². The number of hydrogen-bond donors (Lipinski definition) is 0. The average Bonchev–Trinajstić information content (AvgIpc) is 3.06. The van der Waals surface area contributed by atoms with Crippen LogP contribution in [0, 0.1) is 11.6 Å². The van der Waals surface area contributed by atoms with Crippen molar-refractivity contribution in [2.75, 3.05) is 18.8 Å². The van der Waals surface area contributed by atoms with Gasteiger partial charge >= 0.3 is 0 Å². The number of hydrogen-bond acceptors (Lipinski definition) is 4. The number of carbonyl (C=O) groups is 1. The fraction of sp³-hybridized carbons (Fsp3) is 0.278. The maximum Gasteiger partial charge on any atom is 0.246 e. The van der Waals surface area contributed by atoms with Crippen LogP contribution < -0.4 is 0 Å². The van der Waals surface area contributed by atoms with Gasteiger partial charge in [0.1, 0.15) is 11.6 Å². The second-order valence-corrected chi connectivity index (χ2v) is 9.27. The zero-order valence-corrected chi connectivity index (χ0v) is 15.4. The molecule has 0 unspecified atom stereocenters. The van der Waals surface area contributed by atoms with E-state index in [2.05, 4.69) is 0 Å². The minimum atomic E-state index is -3.35. The van der Waals surface area contributed by atoms with Gasteiger partial charge in [-0.25, -0.2) is 17.2 Å². The molecular formula is C18H17F2NO3S2. The predicted octanol–water partition coefficient (Wildman–Crippen LogP) is 3.43. The first-order chi connectivity index (χ1) is 12.4. The SMILES string of the molecule is O=C(/C=C/c1cc(F)ccc1F)N1CC[C@@H](c2cccs2)S(=O)(=O)CC1. The lowest BCUT2D eigenvalue weighted by Crippen LogP contribution is -2.32. The van der Waals surface area contributed by atoms with Gasteiger partial charge in [0, 0.05) is 29.6 Å². The third kappa shape index (κ3) is 4.19. The molecule has 0 radical (unpaired) electrons. The molecule has 2 heterocycles. The summed E-state index contributed by atoms with van der Waals surface area (Å²) in [7, 11) is -3.35. The predicted molar refractivity (Wildman–Crippen MR) is 97.4 cm³/mol. The highest BCUT2D eigenvalue weighted by atomic mass is 32.2. The molecule has 1 atom stereocenters. The van der Waals surface area contributed by atoms with Gasteiger partial charge < -0.3 is 4.90 Å². The van der Waals surface area contributed by atoms with Crippen LogP contribution in [0.2, 0.25) is 0 Å². The molecule has 4 nitrogen and oxygen atoms in total. The van der Waals surface area contributed by atoms with E-state index in [1.807, 2.05) is 5.38 Å². The topological polar surface area (TPSA) is 54.5 Å². The Labute approximate surface area is 154 Å². The van der Waals surface area contributed by atoms with Crippen molar-refractivity contribution in [1.82, 2.24) is 4.90 Å². The van der Waals surface area contributed by atoms with Crippen LogP contribution in [0.5, 0.6) is 0 Å². The van der Waals surface area contributed by atoms with Gasteiger partial charge in [-0.1, -0.05) is 6.07 Å². The monoisotopic (exact) mass is 397 g/mol. The first-order valence-corrected chi connectivity index (χ1v) is 10.6. The number of thiophene rings is 1. The Morgan fingerprint density at radius 3 is 2.77 bits per heavy atom. The second kappa shape index (κ2) is 7.67.